The molecule has 0 spiro atoms. The van der Waals surface area contributed by atoms with Gasteiger partial charge < -0.3 is 11.5 Å². The first-order chi connectivity index (χ1) is 21.0. The van der Waals surface area contributed by atoms with Gasteiger partial charge in [0.1, 0.15) is 10.5 Å². The van der Waals surface area contributed by atoms with Crippen molar-refractivity contribution in [1.82, 2.24) is 25.1 Å². The van der Waals surface area contributed by atoms with Gasteiger partial charge in [-0.15, -0.1) is 10.2 Å². The van der Waals surface area contributed by atoms with Gasteiger partial charge in [0, 0.05) is 62.5 Å². The Kier molecular flexibility index (Phi) is 13.6. The molecule has 4 aromatic rings. The zero-order valence-corrected chi connectivity index (χ0v) is 26.4. The topological polar surface area (TPSA) is 122 Å². The molecule has 5 rings (SSSR count). The number of allylic oxidation sites excluding steroid dienone is 1. The molecule has 0 radical (unpaired) electrons. The number of aromatic nitrogens is 3. The molecule has 10 heteroatoms. The van der Waals surface area contributed by atoms with Crippen LogP contribution in [0.5, 0.6) is 0 Å². The highest BCUT2D eigenvalue weighted by atomic mass is 32.1. The second-order valence-corrected chi connectivity index (χ2v) is 10.9. The van der Waals surface area contributed by atoms with Crippen molar-refractivity contribution in [2.75, 3.05) is 27.2 Å². The van der Waals surface area contributed by atoms with Crippen molar-refractivity contribution in [2.45, 2.75) is 39.3 Å². The van der Waals surface area contributed by atoms with Crippen LogP contribution in [0.2, 0.25) is 0 Å². The normalized spacial score (nSPS) is 13.3. The van der Waals surface area contributed by atoms with Crippen molar-refractivity contribution in [3.05, 3.63) is 89.7 Å². The largest absolute Gasteiger partial charge is 0.390 e. The molecule has 0 atom stereocenters. The number of hydrogen-bond acceptors (Lipinski definition) is 9. The van der Waals surface area contributed by atoms with E-state index in [1.54, 1.807) is 12.6 Å². The Labute approximate surface area is 259 Å². The van der Waals surface area contributed by atoms with Gasteiger partial charge in [0.15, 0.2) is 0 Å². The lowest BCUT2D eigenvalue weighted by atomic mass is 9.97. The lowest BCUT2D eigenvalue weighted by molar-refractivity contribution is 0.139. The van der Waals surface area contributed by atoms with E-state index in [2.05, 4.69) is 112 Å². The SMILES string of the molecule is C=NN(C=C(C)C)C1CCN(Cc2ccc(-c3ncc(-c4nncs4)cc3-c3ccccc3)cc2)CC1.CN.CN=CN. The molecule has 4 N–H and O–H groups in total. The minimum absolute atomic E-state index is 0.427. The molecular formula is C33H43N9S. The minimum Gasteiger partial charge on any atom is -0.390 e. The van der Waals surface area contributed by atoms with Gasteiger partial charge in [-0.05, 0) is 50.9 Å². The highest BCUT2D eigenvalue weighted by Gasteiger charge is 2.23. The third kappa shape index (κ3) is 9.64. The van der Waals surface area contributed by atoms with Gasteiger partial charge in [0.05, 0.1) is 18.1 Å². The fraction of sp³-hybridized carbons (Fsp3) is 0.303. The lowest BCUT2D eigenvalue weighted by Crippen LogP contribution is -2.40. The van der Waals surface area contributed by atoms with Crippen LogP contribution in [0.3, 0.4) is 0 Å². The maximum absolute atomic E-state index is 4.88. The summed E-state index contributed by atoms with van der Waals surface area (Å²) in [4.78, 5) is 10.8. The van der Waals surface area contributed by atoms with Crippen molar-refractivity contribution < 1.29 is 0 Å². The van der Waals surface area contributed by atoms with Gasteiger partial charge in [-0.2, -0.15) is 5.10 Å². The maximum Gasteiger partial charge on any atom is 0.149 e. The van der Waals surface area contributed by atoms with Gasteiger partial charge in [0.2, 0.25) is 0 Å². The summed E-state index contributed by atoms with van der Waals surface area (Å²) in [6.45, 7) is 11.0. The number of hydrazone groups is 1. The second kappa shape index (κ2) is 17.6. The summed E-state index contributed by atoms with van der Waals surface area (Å²) < 4.78 is 0. The first kappa shape index (κ1) is 33.3. The number of piperidine rings is 1. The van der Waals surface area contributed by atoms with Gasteiger partial charge in [-0.1, -0.05) is 71.5 Å². The fourth-order valence-corrected chi connectivity index (χ4v) is 5.38. The molecule has 0 unspecified atom stereocenters. The molecule has 226 valence electrons. The third-order valence-electron chi connectivity index (χ3n) is 6.85. The molecule has 43 heavy (non-hydrogen) atoms. The number of pyridine rings is 1. The van der Waals surface area contributed by atoms with Crippen molar-refractivity contribution in [3.8, 4) is 33.0 Å². The molecule has 9 nitrogen and oxygen atoms in total. The van der Waals surface area contributed by atoms with E-state index in [0.717, 1.165) is 65.4 Å². The molecule has 0 saturated carbocycles. The number of rotatable bonds is 8. The number of hydrogen-bond donors (Lipinski definition) is 2. The summed E-state index contributed by atoms with van der Waals surface area (Å²) >= 11 is 1.52. The number of nitrogens with two attached hydrogens (primary N) is 2. The Balaban J connectivity index is 0.000000780. The summed E-state index contributed by atoms with van der Waals surface area (Å²) in [7, 11) is 3.12. The highest BCUT2D eigenvalue weighted by molar-refractivity contribution is 7.12. The van der Waals surface area contributed by atoms with Crippen molar-refractivity contribution in [1.29, 1.82) is 0 Å². The summed E-state index contributed by atoms with van der Waals surface area (Å²) in [6, 6.07) is 21.9. The summed E-state index contributed by atoms with van der Waals surface area (Å²) in [5, 5.41) is 15.4. The van der Waals surface area contributed by atoms with E-state index in [4.69, 9.17) is 10.7 Å². The molecule has 0 bridgehead atoms. The number of aliphatic imine (C=N–C) groups is 1. The monoisotopic (exact) mass is 597 g/mol. The number of nitrogens with zero attached hydrogens (tertiary/aromatic N) is 7. The van der Waals surface area contributed by atoms with Gasteiger partial charge in [-0.3, -0.25) is 19.9 Å². The Morgan fingerprint density at radius 3 is 2.28 bits per heavy atom. The van der Waals surface area contributed by atoms with E-state index < -0.39 is 0 Å². The Hall–Kier alpha value is -4.25. The highest BCUT2D eigenvalue weighted by Crippen LogP contribution is 2.34. The van der Waals surface area contributed by atoms with E-state index in [0.29, 0.717) is 6.04 Å². The maximum atomic E-state index is 4.88. The van der Waals surface area contributed by atoms with Crippen LogP contribution in [0.15, 0.2) is 94.2 Å². The Morgan fingerprint density at radius 2 is 1.72 bits per heavy atom. The first-order valence-electron chi connectivity index (χ1n) is 14.3. The van der Waals surface area contributed by atoms with Gasteiger partial charge >= 0.3 is 0 Å². The van der Waals surface area contributed by atoms with E-state index in [-0.39, 0.29) is 0 Å². The molecule has 3 heterocycles. The van der Waals surface area contributed by atoms with Crippen LogP contribution in [0, 0.1) is 0 Å². The molecular weight excluding hydrogens is 554 g/mol. The van der Waals surface area contributed by atoms with E-state index >= 15 is 0 Å². The molecule has 1 fully saturated rings. The summed E-state index contributed by atoms with van der Waals surface area (Å²) in [5.74, 6) is 0. The van der Waals surface area contributed by atoms with Crippen LogP contribution in [-0.2, 0) is 6.54 Å². The third-order valence-corrected chi connectivity index (χ3v) is 7.59. The van der Waals surface area contributed by atoms with E-state index in [1.807, 2.05) is 17.3 Å². The zero-order valence-electron chi connectivity index (χ0n) is 25.6. The van der Waals surface area contributed by atoms with Crippen LogP contribution in [0.1, 0.15) is 32.3 Å². The quantitative estimate of drug-likeness (QED) is 0.147. The van der Waals surface area contributed by atoms with Crippen molar-refractivity contribution >= 4 is 24.4 Å². The van der Waals surface area contributed by atoms with Crippen LogP contribution in [0.4, 0.5) is 0 Å². The molecule has 1 aliphatic heterocycles. The molecule has 1 aliphatic rings. The fourth-order valence-electron chi connectivity index (χ4n) is 4.84. The number of likely N-dealkylation sites (tertiary alicyclic amines) is 1. The smallest absolute Gasteiger partial charge is 0.149 e. The van der Waals surface area contributed by atoms with Crippen LogP contribution < -0.4 is 11.5 Å². The molecule has 2 aromatic heterocycles. The first-order valence-corrected chi connectivity index (χ1v) is 15.1. The van der Waals surface area contributed by atoms with E-state index in [9.17, 15) is 0 Å². The average molecular weight is 598 g/mol. The summed E-state index contributed by atoms with van der Waals surface area (Å²) in [6.07, 6.45) is 7.43. The molecule has 2 aromatic carbocycles. The average Bonchev–Trinajstić information content (AvgIpc) is 3.61. The minimum atomic E-state index is 0.427. The number of benzene rings is 2. The summed E-state index contributed by atoms with van der Waals surface area (Å²) in [5.41, 5.74) is 18.9. The van der Waals surface area contributed by atoms with E-state index in [1.165, 1.54) is 35.9 Å². The van der Waals surface area contributed by atoms with Crippen LogP contribution in [-0.4, -0.2) is 71.4 Å². The van der Waals surface area contributed by atoms with Gasteiger partial charge in [-0.25, -0.2) is 0 Å². The van der Waals surface area contributed by atoms with Gasteiger partial charge in [0.25, 0.3) is 0 Å². The molecule has 0 amide bonds. The van der Waals surface area contributed by atoms with Crippen molar-refractivity contribution in [3.63, 3.8) is 0 Å². The van der Waals surface area contributed by atoms with Crippen LogP contribution >= 0.6 is 11.3 Å². The van der Waals surface area contributed by atoms with Crippen molar-refractivity contribution in [2.24, 2.45) is 21.6 Å². The Morgan fingerprint density at radius 1 is 1.05 bits per heavy atom. The lowest BCUT2D eigenvalue weighted by Gasteiger charge is -2.35. The second-order valence-electron chi connectivity index (χ2n) is 10.1. The standard InChI is InChI=1S/C30H32N6S.C2H6N2.CH5N/c1-22(2)19-36(31-3)27-13-15-35(16-14-27)20-23-9-11-25(12-10-23)29-28(24-7-5-4-6-8-24)17-26(18-32-29)30-34-33-21-37-30;1-4-2-3;1-2/h4-12,17-19,21,27H,3,13-16,20H2,1-2H3;2H,1H3,(H2,3,4);2H2,1H3. The predicted molar refractivity (Wildman–Crippen MR) is 182 cm³/mol. The molecule has 1 saturated heterocycles. The van der Waals surface area contributed by atoms with Crippen LogP contribution in [0.25, 0.3) is 33.0 Å². The predicted octanol–water partition coefficient (Wildman–Crippen LogP) is 5.92. The Bertz CT molecular complexity index is 1420. The zero-order chi connectivity index (χ0) is 31.0. The molecule has 0 aliphatic carbocycles.